The molecule has 0 aliphatic carbocycles. The second-order valence-corrected chi connectivity index (χ2v) is 9.53. The second kappa shape index (κ2) is 10.3. The molecule has 3 rings (SSSR count). The lowest BCUT2D eigenvalue weighted by Gasteiger charge is -2.12. The fourth-order valence-electron chi connectivity index (χ4n) is 2.84. The van der Waals surface area contributed by atoms with Crippen molar-refractivity contribution in [3.05, 3.63) is 69.5 Å². The van der Waals surface area contributed by atoms with Crippen LogP contribution in [0.15, 0.2) is 52.1 Å². The van der Waals surface area contributed by atoms with Crippen LogP contribution < -0.4 is 5.32 Å². The molecule has 1 aromatic heterocycles. The fourth-order valence-corrected chi connectivity index (χ4v) is 5.23. The van der Waals surface area contributed by atoms with Crippen molar-refractivity contribution in [2.24, 2.45) is 7.05 Å². The van der Waals surface area contributed by atoms with E-state index in [1.807, 2.05) is 43.7 Å². The largest absolute Gasteiger partial charge is 0.325 e. The number of thioether (sulfide) groups is 2. The Balaban J connectivity index is 1.51. The predicted molar refractivity (Wildman–Crippen MR) is 125 cm³/mol. The first-order chi connectivity index (χ1) is 13.9. The molecule has 0 atom stereocenters. The van der Waals surface area contributed by atoms with Crippen LogP contribution in [0.5, 0.6) is 0 Å². The minimum Gasteiger partial charge on any atom is -0.325 e. The van der Waals surface area contributed by atoms with Crippen LogP contribution in [0.2, 0.25) is 0 Å². The molecule has 1 amide bonds. The van der Waals surface area contributed by atoms with Crippen LogP contribution in [0.3, 0.4) is 0 Å². The van der Waals surface area contributed by atoms with Gasteiger partial charge in [-0.3, -0.25) is 4.79 Å². The van der Waals surface area contributed by atoms with Crippen molar-refractivity contribution in [1.29, 1.82) is 0 Å². The highest BCUT2D eigenvalue weighted by Crippen LogP contribution is 2.26. The molecule has 8 heteroatoms. The van der Waals surface area contributed by atoms with Gasteiger partial charge in [0.2, 0.25) is 5.91 Å². The van der Waals surface area contributed by atoms with Crippen LogP contribution in [0.4, 0.5) is 5.69 Å². The van der Waals surface area contributed by atoms with E-state index in [0.29, 0.717) is 0 Å². The van der Waals surface area contributed by atoms with E-state index in [4.69, 9.17) is 0 Å². The Morgan fingerprint density at radius 1 is 1.10 bits per heavy atom. The van der Waals surface area contributed by atoms with Gasteiger partial charge in [0, 0.05) is 23.0 Å². The van der Waals surface area contributed by atoms with E-state index in [1.54, 1.807) is 11.8 Å². The highest BCUT2D eigenvalue weighted by molar-refractivity contribution is 9.10. The third-order valence-electron chi connectivity index (χ3n) is 4.36. The van der Waals surface area contributed by atoms with Gasteiger partial charge in [0.25, 0.3) is 0 Å². The summed E-state index contributed by atoms with van der Waals surface area (Å²) < 4.78 is 2.98. The summed E-state index contributed by atoms with van der Waals surface area (Å²) in [7, 11) is 1.95. The molecule has 0 saturated heterocycles. The van der Waals surface area contributed by atoms with Gasteiger partial charge in [-0.2, -0.15) is 0 Å². The molecule has 0 spiro atoms. The average molecular weight is 491 g/mol. The van der Waals surface area contributed by atoms with Crippen LogP contribution >= 0.6 is 39.5 Å². The van der Waals surface area contributed by atoms with Crippen molar-refractivity contribution in [3.63, 3.8) is 0 Å². The zero-order chi connectivity index (χ0) is 20.8. The molecule has 0 unspecified atom stereocenters. The molecule has 0 fully saturated rings. The first-order valence-electron chi connectivity index (χ1n) is 9.13. The molecule has 1 N–H and O–H groups in total. The van der Waals surface area contributed by atoms with E-state index in [2.05, 4.69) is 55.7 Å². The van der Waals surface area contributed by atoms with Gasteiger partial charge in [-0.15, -0.1) is 22.0 Å². The maximum atomic E-state index is 12.4. The highest BCUT2D eigenvalue weighted by Gasteiger charge is 2.13. The fraction of sp³-hybridized carbons (Fsp3) is 0.286. The molecule has 152 valence electrons. The first kappa shape index (κ1) is 21.9. The smallest absolute Gasteiger partial charge is 0.234 e. The van der Waals surface area contributed by atoms with Crippen LogP contribution in [-0.2, 0) is 23.3 Å². The lowest BCUT2D eigenvalue weighted by molar-refractivity contribution is -0.113. The van der Waals surface area contributed by atoms with E-state index in [-0.39, 0.29) is 11.7 Å². The molecule has 2 aromatic carbocycles. The van der Waals surface area contributed by atoms with Crippen molar-refractivity contribution in [1.82, 2.24) is 14.8 Å². The van der Waals surface area contributed by atoms with Crippen molar-refractivity contribution >= 4 is 51.0 Å². The number of aromatic nitrogens is 3. The van der Waals surface area contributed by atoms with Gasteiger partial charge >= 0.3 is 0 Å². The topological polar surface area (TPSA) is 59.8 Å². The number of anilines is 1. The van der Waals surface area contributed by atoms with E-state index < -0.39 is 0 Å². The first-order valence-corrected chi connectivity index (χ1v) is 12.1. The van der Waals surface area contributed by atoms with Crippen molar-refractivity contribution in [2.45, 2.75) is 30.5 Å². The number of nitrogens with one attached hydrogen (secondary N) is 1. The molecule has 0 aliphatic heterocycles. The molecule has 0 radical (unpaired) electrons. The molecule has 3 aromatic rings. The Bertz CT molecular complexity index is 969. The van der Waals surface area contributed by atoms with E-state index in [0.717, 1.165) is 43.8 Å². The summed E-state index contributed by atoms with van der Waals surface area (Å²) in [6, 6.07) is 14.4. The van der Waals surface area contributed by atoms with Crippen molar-refractivity contribution < 1.29 is 4.79 Å². The number of nitrogens with zero attached hydrogens (tertiary/aromatic N) is 3. The maximum Gasteiger partial charge on any atom is 0.234 e. The van der Waals surface area contributed by atoms with Crippen molar-refractivity contribution in [2.75, 3.05) is 11.1 Å². The zero-order valence-corrected chi connectivity index (χ0v) is 19.8. The Kier molecular flexibility index (Phi) is 7.80. The molecule has 0 bridgehead atoms. The summed E-state index contributed by atoms with van der Waals surface area (Å²) in [4.78, 5) is 12.4. The van der Waals surface area contributed by atoms with Gasteiger partial charge < -0.3 is 9.88 Å². The number of rotatable bonds is 8. The quantitative estimate of drug-likeness (QED) is 0.430. The normalized spacial score (nSPS) is 10.9. The van der Waals surface area contributed by atoms with Crippen molar-refractivity contribution in [3.8, 4) is 0 Å². The maximum absolute atomic E-state index is 12.4. The summed E-state index contributed by atoms with van der Waals surface area (Å²) >= 11 is 6.68. The van der Waals surface area contributed by atoms with Gasteiger partial charge in [0.1, 0.15) is 5.82 Å². The molecule has 0 aliphatic rings. The molecule has 5 nitrogen and oxygen atoms in total. The van der Waals surface area contributed by atoms with E-state index in [1.165, 1.54) is 17.3 Å². The number of halogens is 1. The van der Waals surface area contributed by atoms with Gasteiger partial charge in [0.05, 0.1) is 11.5 Å². The molecular formula is C21H23BrN4OS2. The van der Waals surface area contributed by atoms with Crippen LogP contribution in [-0.4, -0.2) is 26.4 Å². The zero-order valence-electron chi connectivity index (χ0n) is 16.6. The minimum absolute atomic E-state index is 0.0495. The van der Waals surface area contributed by atoms with Crippen LogP contribution in [0.25, 0.3) is 0 Å². The monoisotopic (exact) mass is 490 g/mol. The summed E-state index contributed by atoms with van der Waals surface area (Å²) in [5.74, 6) is 2.87. The summed E-state index contributed by atoms with van der Waals surface area (Å²) in [6.45, 7) is 3.98. The Morgan fingerprint density at radius 3 is 2.48 bits per heavy atom. The van der Waals surface area contributed by atoms with E-state index >= 15 is 0 Å². The lowest BCUT2D eigenvalue weighted by atomic mass is 10.1. The van der Waals surface area contributed by atoms with Gasteiger partial charge in [0.15, 0.2) is 5.16 Å². The summed E-state index contributed by atoms with van der Waals surface area (Å²) in [6.07, 6.45) is 0. The summed E-state index contributed by atoms with van der Waals surface area (Å²) in [5, 5.41) is 12.3. The van der Waals surface area contributed by atoms with Crippen LogP contribution in [0.1, 0.15) is 22.5 Å². The minimum atomic E-state index is -0.0495. The Labute approximate surface area is 188 Å². The van der Waals surface area contributed by atoms with Gasteiger partial charge in [-0.1, -0.05) is 58.0 Å². The Morgan fingerprint density at radius 2 is 1.79 bits per heavy atom. The standard InChI is InChI=1S/C21H23BrN4OS2/c1-14-9-17(22)10-15(2)20(14)23-19(27)13-29-21-25-24-18(26(21)3)12-28-11-16-7-5-4-6-8-16/h4-10H,11-13H2,1-3H3,(H,23,27). The third-order valence-corrected chi connectivity index (χ3v) is 6.84. The number of aryl methyl sites for hydroxylation is 2. The predicted octanol–water partition coefficient (Wildman–Crippen LogP) is 5.36. The average Bonchev–Trinajstić information content (AvgIpc) is 3.04. The number of amides is 1. The Hall–Kier alpha value is -1.77. The highest BCUT2D eigenvalue weighted by atomic mass is 79.9. The van der Waals surface area contributed by atoms with Gasteiger partial charge in [-0.25, -0.2) is 0 Å². The molecule has 0 saturated carbocycles. The third kappa shape index (κ3) is 6.10. The number of hydrogen-bond acceptors (Lipinski definition) is 5. The molecule has 1 heterocycles. The molecular weight excluding hydrogens is 468 g/mol. The number of carbonyl (C=O) groups is 1. The second-order valence-electron chi connectivity index (χ2n) is 6.69. The SMILES string of the molecule is Cc1cc(Br)cc(C)c1NC(=O)CSc1nnc(CSCc2ccccc2)n1C. The lowest BCUT2D eigenvalue weighted by Crippen LogP contribution is -2.16. The number of hydrogen-bond donors (Lipinski definition) is 1. The molecule has 29 heavy (non-hydrogen) atoms. The number of benzene rings is 2. The van der Waals surface area contributed by atoms with Crippen LogP contribution in [0, 0.1) is 13.8 Å². The number of carbonyl (C=O) groups excluding carboxylic acids is 1. The van der Waals surface area contributed by atoms with E-state index in [9.17, 15) is 4.79 Å². The summed E-state index contributed by atoms with van der Waals surface area (Å²) in [5.41, 5.74) is 4.23. The van der Waals surface area contributed by atoms with Gasteiger partial charge in [-0.05, 0) is 42.7 Å².